The fraction of sp³-hybridized carbons (Fsp3) is 0.333. The summed E-state index contributed by atoms with van der Waals surface area (Å²) in [6.45, 7) is 7.72. The van der Waals surface area contributed by atoms with Crippen LogP contribution in [-0.4, -0.2) is 10.8 Å². The lowest BCUT2D eigenvalue weighted by Gasteiger charge is -2.03. The minimum absolute atomic E-state index is 0.0648. The first-order valence-corrected chi connectivity index (χ1v) is 4.76. The summed E-state index contributed by atoms with van der Waals surface area (Å²) in [5, 5.41) is 0. The number of rotatable bonds is 4. The summed E-state index contributed by atoms with van der Waals surface area (Å²) in [5.41, 5.74) is 2.46. The second kappa shape index (κ2) is 4.70. The number of carbonyl (C=O) groups excluding carboxylic acids is 1. The van der Waals surface area contributed by atoms with Crippen molar-refractivity contribution in [2.45, 2.75) is 26.7 Å². The molecule has 0 atom stereocenters. The van der Waals surface area contributed by atoms with Gasteiger partial charge in [0.1, 0.15) is 5.69 Å². The van der Waals surface area contributed by atoms with E-state index in [-0.39, 0.29) is 5.78 Å². The van der Waals surface area contributed by atoms with Crippen LogP contribution in [0, 0.1) is 6.92 Å². The van der Waals surface area contributed by atoms with Crippen LogP contribution in [0.1, 0.15) is 35.8 Å². The maximum atomic E-state index is 11.7. The third-order valence-electron chi connectivity index (χ3n) is 2.18. The lowest BCUT2D eigenvalue weighted by atomic mass is 10.0. The summed E-state index contributed by atoms with van der Waals surface area (Å²) >= 11 is 0. The predicted octanol–water partition coefficient (Wildman–Crippen LogP) is 2.93. The Bertz CT molecular complexity index is 355. The number of Topliss-reactive ketones (excluding diaryl/α,β-unsaturated/α-hetero) is 1. The van der Waals surface area contributed by atoms with Gasteiger partial charge in [0, 0.05) is 12.6 Å². The number of aromatic nitrogens is 1. The Kier molecular flexibility index (Phi) is 3.57. The van der Waals surface area contributed by atoms with Crippen molar-refractivity contribution in [3.8, 4) is 0 Å². The van der Waals surface area contributed by atoms with Crippen molar-refractivity contribution in [3.05, 3.63) is 41.7 Å². The van der Waals surface area contributed by atoms with Crippen LogP contribution in [0.5, 0.6) is 0 Å². The number of ketones is 1. The molecule has 1 aromatic rings. The van der Waals surface area contributed by atoms with Crippen LogP contribution in [0.15, 0.2) is 30.5 Å². The van der Waals surface area contributed by atoms with Gasteiger partial charge in [-0.25, -0.2) is 0 Å². The third-order valence-corrected chi connectivity index (χ3v) is 2.18. The van der Waals surface area contributed by atoms with Gasteiger partial charge in [0.05, 0.1) is 0 Å². The Morgan fingerprint density at radius 3 is 2.86 bits per heavy atom. The van der Waals surface area contributed by atoms with Gasteiger partial charge in [0.2, 0.25) is 0 Å². The number of hydrogen-bond donors (Lipinski definition) is 0. The highest BCUT2D eigenvalue weighted by Gasteiger charge is 2.10. The number of allylic oxidation sites excluding steroid dienone is 1. The zero-order chi connectivity index (χ0) is 10.6. The molecule has 0 saturated carbocycles. The lowest BCUT2D eigenvalue weighted by molar-refractivity contribution is 0.0987. The molecular formula is C12H15NO. The first kappa shape index (κ1) is 10.6. The quantitative estimate of drug-likeness (QED) is 0.538. The van der Waals surface area contributed by atoms with E-state index in [1.54, 1.807) is 6.20 Å². The van der Waals surface area contributed by atoms with Crippen molar-refractivity contribution in [1.82, 2.24) is 4.98 Å². The number of nitrogens with zero attached hydrogens (tertiary/aromatic N) is 1. The zero-order valence-corrected chi connectivity index (χ0v) is 8.71. The van der Waals surface area contributed by atoms with Crippen LogP contribution >= 0.6 is 0 Å². The average molecular weight is 189 g/mol. The molecule has 1 aromatic heterocycles. The fourth-order valence-electron chi connectivity index (χ4n) is 1.21. The van der Waals surface area contributed by atoms with E-state index in [1.165, 1.54) is 0 Å². The maximum Gasteiger partial charge on any atom is 0.185 e. The van der Waals surface area contributed by atoms with Gasteiger partial charge in [-0.05, 0) is 25.0 Å². The molecule has 0 spiro atoms. The van der Waals surface area contributed by atoms with Gasteiger partial charge in [-0.15, -0.1) is 0 Å². The number of hydrogen-bond acceptors (Lipinski definition) is 2. The molecule has 2 heteroatoms. The van der Waals surface area contributed by atoms with Crippen molar-refractivity contribution < 1.29 is 4.79 Å². The van der Waals surface area contributed by atoms with Crippen molar-refractivity contribution in [2.75, 3.05) is 0 Å². The molecule has 1 rings (SSSR count). The van der Waals surface area contributed by atoms with Crippen molar-refractivity contribution in [3.63, 3.8) is 0 Å². The van der Waals surface area contributed by atoms with Gasteiger partial charge >= 0.3 is 0 Å². The van der Waals surface area contributed by atoms with E-state index in [0.717, 1.165) is 17.6 Å². The maximum absolute atomic E-state index is 11.7. The van der Waals surface area contributed by atoms with Crippen molar-refractivity contribution in [1.29, 1.82) is 0 Å². The normalized spacial score (nSPS) is 9.86. The molecule has 0 aromatic carbocycles. The number of aryl methyl sites for hydroxylation is 1. The van der Waals surface area contributed by atoms with Gasteiger partial charge in [0.25, 0.3) is 0 Å². The molecular weight excluding hydrogens is 174 g/mol. The van der Waals surface area contributed by atoms with Crippen LogP contribution in [0.3, 0.4) is 0 Å². The first-order chi connectivity index (χ1) is 6.65. The topological polar surface area (TPSA) is 30.0 Å². The van der Waals surface area contributed by atoms with Gasteiger partial charge in [-0.1, -0.05) is 25.1 Å². The van der Waals surface area contributed by atoms with E-state index in [0.29, 0.717) is 12.1 Å². The molecule has 0 amide bonds. The number of pyridine rings is 1. The van der Waals surface area contributed by atoms with Crippen LogP contribution < -0.4 is 0 Å². The molecule has 0 unspecified atom stereocenters. The highest BCUT2D eigenvalue weighted by Crippen LogP contribution is 2.11. The van der Waals surface area contributed by atoms with Crippen LogP contribution in [-0.2, 0) is 0 Å². The van der Waals surface area contributed by atoms with Crippen LogP contribution in [0.4, 0.5) is 0 Å². The summed E-state index contributed by atoms with van der Waals surface area (Å²) in [5.74, 6) is 0.0648. The molecule has 0 radical (unpaired) electrons. The minimum atomic E-state index is 0.0648. The molecule has 0 aliphatic heterocycles. The summed E-state index contributed by atoms with van der Waals surface area (Å²) in [6, 6.07) is 3.73. The molecule has 0 fully saturated rings. The van der Waals surface area contributed by atoms with Crippen LogP contribution in [0.2, 0.25) is 0 Å². The monoisotopic (exact) mass is 189 g/mol. The second-order valence-corrected chi connectivity index (χ2v) is 3.37. The largest absolute Gasteiger partial charge is 0.292 e. The van der Waals surface area contributed by atoms with E-state index in [2.05, 4.69) is 11.6 Å². The van der Waals surface area contributed by atoms with Crippen molar-refractivity contribution in [2.24, 2.45) is 0 Å². The highest BCUT2D eigenvalue weighted by molar-refractivity contribution is 5.96. The molecule has 0 saturated heterocycles. The highest BCUT2D eigenvalue weighted by atomic mass is 16.1. The Hall–Kier alpha value is -1.44. The Morgan fingerprint density at radius 1 is 1.57 bits per heavy atom. The SMILES string of the molecule is C=C(CC)CC(=O)c1ncccc1C. The van der Waals surface area contributed by atoms with Gasteiger partial charge < -0.3 is 0 Å². The molecule has 0 bridgehead atoms. The molecule has 14 heavy (non-hydrogen) atoms. The predicted molar refractivity (Wildman–Crippen MR) is 57.4 cm³/mol. The van der Waals surface area contributed by atoms with E-state index in [1.807, 2.05) is 26.0 Å². The molecule has 0 aliphatic carbocycles. The summed E-state index contributed by atoms with van der Waals surface area (Å²) in [7, 11) is 0. The summed E-state index contributed by atoms with van der Waals surface area (Å²) < 4.78 is 0. The summed E-state index contributed by atoms with van der Waals surface area (Å²) in [4.78, 5) is 15.8. The standard InChI is InChI=1S/C12H15NO/c1-4-9(2)8-11(14)12-10(3)6-5-7-13-12/h5-7H,2,4,8H2,1,3H3. The first-order valence-electron chi connectivity index (χ1n) is 4.76. The van der Waals surface area contributed by atoms with Gasteiger partial charge in [0.15, 0.2) is 5.78 Å². The molecule has 2 nitrogen and oxygen atoms in total. The third kappa shape index (κ3) is 2.52. The Labute approximate surface area is 84.7 Å². The van der Waals surface area contributed by atoms with Crippen LogP contribution in [0.25, 0.3) is 0 Å². The average Bonchev–Trinajstić information content (AvgIpc) is 2.18. The van der Waals surface area contributed by atoms with Gasteiger partial charge in [-0.2, -0.15) is 0 Å². The fourth-order valence-corrected chi connectivity index (χ4v) is 1.21. The smallest absolute Gasteiger partial charge is 0.185 e. The van der Waals surface area contributed by atoms with E-state index in [9.17, 15) is 4.79 Å². The second-order valence-electron chi connectivity index (χ2n) is 3.37. The summed E-state index contributed by atoms with van der Waals surface area (Å²) in [6.07, 6.45) is 2.90. The molecule has 0 aliphatic rings. The molecule has 0 N–H and O–H groups in total. The number of carbonyl (C=O) groups is 1. The molecule has 1 heterocycles. The Balaban J connectivity index is 2.80. The van der Waals surface area contributed by atoms with Crippen molar-refractivity contribution >= 4 is 5.78 Å². The van der Waals surface area contributed by atoms with E-state index >= 15 is 0 Å². The van der Waals surface area contributed by atoms with E-state index < -0.39 is 0 Å². The minimum Gasteiger partial charge on any atom is -0.292 e. The van der Waals surface area contributed by atoms with Gasteiger partial charge in [-0.3, -0.25) is 9.78 Å². The Morgan fingerprint density at radius 2 is 2.29 bits per heavy atom. The lowest BCUT2D eigenvalue weighted by Crippen LogP contribution is -2.05. The molecule has 74 valence electrons. The zero-order valence-electron chi connectivity index (χ0n) is 8.71. The van der Waals surface area contributed by atoms with E-state index in [4.69, 9.17) is 0 Å².